The second-order valence-electron chi connectivity index (χ2n) is 7.17. The van der Waals surface area contributed by atoms with Crippen LogP contribution in [0, 0.1) is 0 Å². The molecule has 0 radical (unpaired) electrons. The highest BCUT2D eigenvalue weighted by Crippen LogP contribution is 2.42. The number of likely N-dealkylation sites (tertiary alicyclic amines) is 1. The Morgan fingerprint density at radius 3 is 2.44 bits per heavy atom. The van der Waals surface area contributed by atoms with E-state index < -0.39 is 17.7 Å². The van der Waals surface area contributed by atoms with E-state index in [2.05, 4.69) is 0 Å². The smallest absolute Gasteiger partial charge is 0.296 e. The number of phenols is 1. The van der Waals surface area contributed by atoms with Gasteiger partial charge >= 0.3 is 0 Å². The number of carbonyl (C=O) groups is 2. The number of carbonyl (C=O) groups excluding carboxylic acids is 2. The van der Waals surface area contributed by atoms with Crippen LogP contribution in [0.5, 0.6) is 17.2 Å². The van der Waals surface area contributed by atoms with E-state index >= 15 is 0 Å². The molecule has 8 nitrogen and oxygen atoms in total. The molecule has 1 atom stereocenters. The summed E-state index contributed by atoms with van der Waals surface area (Å²) in [5.74, 6) is -0.753. The van der Waals surface area contributed by atoms with E-state index in [4.69, 9.17) is 13.9 Å². The van der Waals surface area contributed by atoms with E-state index in [0.717, 1.165) is 0 Å². The zero-order valence-corrected chi connectivity index (χ0v) is 17.4. The quantitative estimate of drug-likeness (QED) is 0.346. The lowest BCUT2D eigenvalue weighted by atomic mass is 9.95. The Bertz CT molecular complexity index is 1180. The number of aliphatic hydroxyl groups is 1. The summed E-state index contributed by atoms with van der Waals surface area (Å²) in [6.45, 7) is 0.0187. The van der Waals surface area contributed by atoms with Crippen molar-refractivity contribution < 1.29 is 33.7 Å². The molecule has 3 aromatic rings. The van der Waals surface area contributed by atoms with Crippen molar-refractivity contribution in [2.24, 2.45) is 0 Å². The molecule has 1 aliphatic rings. The maximum Gasteiger partial charge on any atom is 0.296 e. The summed E-state index contributed by atoms with van der Waals surface area (Å²) in [4.78, 5) is 27.3. The van der Waals surface area contributed by atoms with Crippen molar-refractivity contribution in [2.75, 3.05) is 14.2 Å². The molecule has 0 bridgehead atoms. The minimum Gasteiger partial charge on any atom is -0.507 e. The number of ketones is 1. The highest BCUT2D eigenvalue weighted by molar-refractivity contribution is 6.46. The minimum absolute atomic E-state index is 0.0187. The van der Waals surface area contributed by atoms with Crippen LogP contribution in [0.2, 0.25) is 0 Å². The van der Waals surface area contributed by atoms with E-state index in [0.29, 0.717) is 22.6 Å². The lowest BCUT2D eigenvalue weighted by Crippen LogP contribution is -2.29. The third-order valence-electron chi connectivity index (χ3n) is 5.33. The lowest BCUT2D eigenvalue weighted by molar-refractivity contribution is -0.140. The summed E-state index contributed by atoms with van der Waals surface area (Å²) in [6, 6.07) is 13.5. The number of nitrogens with zero attached hydrogens (tertiary/aromatic N) is 1. The van der Waals surface area contributed by atoms with E-state index in [-0.39, 0.29) is 29.4 Å². The van der Waals surface area contributed by atoms with Crippen molar-refractivity contribution in [3.63, 3.8) is 0 Å². The van der Waals surface area contributed by atoms with Crippen molar-refractivity contribution in [1.29, 1.82) is 0 Å². The standard InChI is InChI=1S/C24H21NO7/c1-30-16-8-5-14(6-9-16)22(27)20-21(15-7-10-18(26)19(12-15)31-2)25(24(29)23(20)28)13-17-4-3-11-32-17/h3-12,21,26-27H,13H2,1-2H3/t21-/m0/s1. The number of Topliss-reactive ketones (excluding diaryl/α,β-unsaturated/α-hetero) is 1. The number of aromatic hydroxyl groups is 1. The Morgan fingerprint density at radius 2 is 1.81 bits per heavy atom. The number of ether oxygens (including phenoxy) is 2. The zero-order chi connectivity index (χ0) is 22.8. The summed E-state index contributed by atoms with van der Waals surface area (Å²) < 4.78 is 15.7. The van der Waals surface area contributed by atoms with Crippen molar-refractivity contribution in [1.82, 2.24) is 4.90 Å². The van der Waals surface area contributed by atoms with Crippen molar-refractivity contribution >= 4 is 17.4 Å². The maximum atomic E-state index is 13.0. The molecule has 0 spiro atoms. The molecular formula is C24H21NO7. The second kappa shape index (κ2) is 8.50. The zero-order valence-electron chi connectivity index (χ0n) is 17.4. The fourth-order valence-electron chi connectivity index (χ4n) is 3.73. The van der Waals surface area contributed by atoms with Gasteiger partial charge in [0.25, 0.3) is 11.7 Å². The molecule has 8 heteroatoms. The van der Waals surface area contributed by atoms with Gasteiger partial charge in [0.2, 0.25) is 0 Å². The van der Waals surface area contributed by atoms with Crippen LogP contribution in [0.4, 0.5) is 0 Å². The van der Waals surface area contributed by atoms with Crippen LogP contribution in [-0.2, 0) is 16.1 Å². The molecule has 2 N–H and O–H groups in total. The van der Waals surface area contributed by atoms with E-state index in [1.807, 2.05) is 0 Å². The Hall–Kier alpha value is -4.20. The first kappa shape index (κ1) is 21.0. The third kappa shape index (κ3) is 3.66. The first-order valence-corrected chi connectivity index (χ1v) is 9.76. The van der Waals surface area contributed by atoms with Crippen molar-refractivity contribution in [2.45, 2.75) is 12.6 Å². The number of rotatable bonds is 6. The summed E-state index contributed by atoms with van der Waals surface area (Å²) in [7, 11) is 2.92. The van der Waals surface area contributed by atoms with Crippen LogP contribution in [0.25, 0.3) is 5.76 Å². The van der Waals surface area contributed by atoms with Crippen LogP contribution in [0.3, 0.4) is 0 Å². The molecule has 2 aromatic carbocycles. The van der Waals surface area contributed by atoms with Gasteiger partial charge in [-0.1, -0.05) is 6.07 Å². The number of hydrogen-bond donors (Lipinski definition) is 2. The summed E-state index contributed by atoms with van der Waals surface area (Å²) in [6.07, 6.45) is 1.47. The van der Waals surface area contributed by atoms with E-state index in [1.54, 1.807) is 42.5 Å². The number of amides is 1. The summed E-state index contributed by atoms with van der Waals surface area (Å²) in [5, 5.41) is 21.1. The van der Waals surface area contributed by atoms with Gasteiger partial charge in [0.1, 0.15) is 17.3 Å². The SMILES string of the molecule is COc1ccc(C(O)=C2C(=O)C(=O)N(Cc3ccco3)[C@H]2c2ccc(O)c(OC)c2)cc1. The van der Waals surface area contributed by atoms with Crippen LogP contribution in [0.15, 0.2) is 70.9 Å². The lowest BCUT2D eigenvalue weighted by Gasteiger charge is -2.25. The number of methoxy groups -OCH3 is 2. The third-order valence-corrected chi connectivity index (χ3v) is 5.33. The van der Waals surface area contributed by atoms with Crippen molar-refractivity contribution in [3.8, 4) is 17.2 Å². The molecule has 0 aliphatic carbocycles. The number of hydrogen-bond acceptors (Lipinski definition) is 7. The number of phenolic OH excluding ortho intramolecular Hbond substituents is 1. The van der Waals surface area contributed by atoms with Gasteiger partial charge in [-0.05, 0) is 54.1 Å². The Kier molecular flexibility index (Phi) is 5.59. The van der Waals surface area contributed by atoms with Crippen LogP contribution < -0.4 is 9.47 Å². The van der Waals surface area contributed by atoms with Gasteiger partial charge in [-0.2, -0.15) is 0 Å². The summed E-state index contributed by atoms with van der Waals surface area (Å²) in [5.41, 5.74) is 0.775. The number of aliphatic hydroxyl groups excluding tert-OH is 1. The van der Waals surface area contributed by atoms with Crippen LogP contribution in [0.1, 0.15) is 22.9 Å². The Morgan fingerprint density at radius 1 is 1.06 bits per heavy atom. The van der Waals surface area contributed by atoms with Gasteiger partial charge in [-0.25, -0.2) is 0 Å². The molecule has 1 fully saturated rings. The largest absolute Gasteiger partial charge is 0.507 e. The predicted molar refractivity (Wildman–Crippen MR) is 114 cm³/mol. The highest BCUT2D eigenvalue weighted by atomic mass is 16.5. The first-order valence-electron chi connectivity index (χ1n) is 9.76. The monoisotopic (exact) mass is 435 g/mol. The minimum atomic E-state index is -0.920. The Labute approximate surface area is 183 Å². The molecular weight excluding hydrogens is 414 g/mol. The van der Waals surface area contributed by atoms with Crippen LogP contribution >= 0.6 is 0 Å². The molecule has 164 valence electrons. The summed E-state index contributed by atoms with van der Waals surface area (Å²) >= 11 is 0. The topological polar surface area (TPSA) is 109 Å². The van der Waals surface area contributed by atoms with Gasteiger partial charge in [0.05, 0.1) is 38.6 Å². The maximum absolute atomic E-state index is 13.0. The number of benzene rings is 2. The van der Waals surface area contributed by atoms with Crippen molar-refractivity contribution in [3.05, 3.63) is 83.3 Å². The van der Waals surface area contributed by atoms with E-state index in [9.17, 15) is 19.8 Å². The molecule has 32 heavy (non-hydrogen) atoms. The average molecular weight is 435 g/mol. The van der Waals surface area contributed by atoms with E-state index in [1.165, 1.54) is 37.5 Å². The average Bonchev–Trinajstić information content (AvgIpc) is 3.41. The molecule has 4 rings (SSSR count). The van der Waals surface area contributed by atoms with Gasteiger partial charge < -0.3 is 29.0 Å². The number of furan rings is 1. The first-order chi connectivity index (χ1) is 15.4. The fraction of sp³-hybridized carbons (Fsp3) is 0.167. The normalized spacial score (nSPS) is 17.6. The molecule has 2 heterocycles. The molecule has 1 saturated heterocycles. The highest BCUT2D eigenvalue weighted by Gasteiger charge is 2.46. The van der Waals surface area contributed by atoms with Crippen LogP contribution in [-0.4, -0.2) is 41.0 Å². The van der Waals surface area contributed by atoms with Gasteiger partial charge in [-0.15, -0.1) is 0 Å². The second-order valence-corrected chi connectivity index (χ2v) is 7.17. The molecule has 0 unspecified atom stereocenters. The van der Waals surface area contributed by atoms with Gasteiger partial charge in [0.15, 0.2) is 11.5 Å². The Balaban J connectivity index is 1.87. The predicted octanol–water partition coefficient (Wildman–Crippen LogP) is 3.62. The fourth-order valence-corrected chi connectivity index (χ4v) is 3.73. The van der Waals surface area contributed by atoms with Gasteiger partial charge in [0, 0.05) is 5.56 Å². The molecule has 1 amide bonds. The molecule has 1 aromatic heterocycles. The molecule has 0 saturated carbocycles. The molecule has 1 aliphatic heterocycles. The van der Waals surface area contributed by atoms with Gasteiger partial charge in [-0.3, -0.25) is 9.59 Å².